The molecular weight excluding hydrogens is 276 g/mol. The molecule has 0 radical (unpaired) electrons. The van der Waals surface area contributed by atoms with Gasteiger partial charge in [-0.2, -0.15) is 0 Å². The quantitative estimate of drug-likeness (QED) is 0.830. The summed E-state index contributed by atoms with van der Waals surface area (Å²) >= 11 is 0. The third kappa shape index (κ3) is 3.59. The molecule has 1 saturated heterocycles. The average molecular weight is 302 g/mol. The summed E-state index contributed by atoms with van der Waals surface area (Å²) in [5.74, 6) is 0.140. The van der Waals surface area contributed by atoms with Gasteiger partial charge in [0.1, 0.15) is 0 Å². The molecule has 2 N–H and O–H groups in total. The first-order chi connectivity index (χ1) is 10.7. The zero-order valence-corrected chi connectivity index (χ0v) is 13.3. The second-order valence-electron chi connectivity index (χ2n) is 6.24. The van der Waals surface area contributed by atoms with E-state index in [1.165, 1.54) is 11.3 Å². The van der Waals surface area contributed by atoms with Gasteiger partial charge in [-0.3, -0.25) is 9.69 Å². The predicted octanol–water partition coefficient (Wildman–Crippen LogP) is 0.459. The number of hydrogen-bond donors (Lipinski definition) is 2. The third-order valence-electron chi connectivity index (χ3n) is 4.67. The van der Waals surface area contributed by atoms with Crippen molar-refractivity contribution in [1.29, 1.82) is 0 Å². The summed E-state index contributed by atoms with van der Waals surface area (Å²) in [6.45, 7) is 8.24. The van der Waals surface area contributed by atoms with E-state index in [0.717, 1.165) is 39.1 Å². The van der Waals surface area contributed by atoms with Crippen LogP contribution in [0.5, 0.6) is 0 Å². The Morgan fingerprint density at radius 3 is 3.09 bits per heavy atom. The van der Waals surface area contributed by atoms with Gasteiger partial charge in [-0.05, 0) is 25.0 Å². The standard InChI is InChI=1S/C17H26N4O/c1-14-12-18-7-10-21(14)13-17(22)19-8-11-20-9-6-15-4-2-3-5-16(15)20/h2-5,14,18H,6-13H2,1H3,(H,19,22)/t14-/m0/s1. The first-order valence-corrected chi connectivity index (χ1v) is 8.28. The predicted molar refractivity (Wildman–Crippen MR) is 89.3 cm³/mol. The zero-order valence-electron chi connectivity index (χ0n) is 13.3. The molecule has 1 fully saturated rings. The minimum absolute atomic E-state index is 0.140. The van der Waals surface area contributed by atoms with Crippen molar-refractivity contribution in [3.05, 3.63) is 29.8 Å². The van der Waals surface area contributed by atoms with Gasteiger partial charge in [-0.15, -0.1) is 0 Å². The van der Waals surface area contributed by atoms with Crippen molar-refractivity contribution in [3.8, 4) is 0 Å². The van der Waals surface area contributed by atoms with Crippen LogP contribution < -0.4 is 15.5 Å². The Hall–Kier alpha value is -1.59. The van der Waals surface area contributed by atoms with Gasteiger partial charge < -0.3 is 15.5 Å². The first kappa shape index (κ1) is 15.3. The molecule has 5 heteroatoms. The molecule has 0 aliphatic carbocycles. The van der Waals surface area contributed by atoms with Crippen molar-refractivity contribution >= 4 is 11.6 Å². The van der Waals surface area contributed by atoms with E-state index < -0.39 is 0 Å². The molecule has 2 heterocycles. The number of fused-ring (bicyclic) bond motifs is 1. The van der Waals surface area contributed by atoms with E-state index in [4.69, 9.17) is 0 Å². The van der Waals surface area contributed by atoms with Crippen LogP contribution in [0.2, 0.25) is 0 Å². The maximum atomic E-state index is 12.1. The zero-order chi connectivity index (χ0) is 15.4. The Morgan fingerprint density at radius 1 is 1.36 bits per heavy atom. The Kier molecular flexibility index (Phi) is 4.95. The highest BCUT2D eigenvalue weighted by Gasteiger charge is 2.21. The van der Waals surface area contributed by atoms with E-state index >= 15 is 0 Å². The number of piperazine rings is 1. The van der Waals surface area contributed by atoms with Crippen LogP contribution in [-0.2, 0) is 11.2 Å². The van der Waals surface area contributed by atoms with Crippen molar-refractivity contribution in [2.45, 2.75) is 19.4 Å². The van der Waals surface area contributed by atoms with Crippen LogP contribution in [0.1, 0.15) is 12.5 Å². The molecule has 1 aromatic carbocycles. The summed E-state index contributed by atoms with van der Waals surface area (Å²) in [6, 6.07) is 8.98. The van der Waals surface area contributed by atoms with Crippen molar-refractivity contribution in [2.75, 3.05) is 50.7 Å². The summed E-state index contributed by atoms with van der Waals surface area (Å²) in [5.41, 5.74) is 2.75. The van der Waals surface area contributed by atoms with Crippen LogP contribution in [0.15, 0.2) is 24.3 Å². The minimum atomic E-state index is 0.140. The number of nitrogens with one attached hydrogen (secondary N) is 2. The Morgan fingerprint density at radius 2 is 2.23 bits per heavy atom. The Bertz CT molecular complexity index is 519. The molecule has 3 rings (SSSR count). The fourth-order valence-corrected chi connectivity index (χ4v) is 3.33. The summed E-state index contributed by atoms with van der Waals surface area (Å²) in [6.07, 6.45) is 1.11. The van der Waals surface area contributed by atoms with E-state index in [9.17, 15) is 4.79 Å². The summed E-state index contributed by atoms with van der Waals surface area (Å²) < 4.78 is 0. The monoisotopic (exact) mass is 302 g/mol. The lowest BCUT2D eigenvalue weighted by molar-refractivity contribution is -0.122. The topological polar surface area (TPSA) is 47.6 Å². The summed E-state index contributed by atoms with van der Waals surface area (Å²) in [7, 11) is 0. The fourth-order valence-electron chi connectivity index (χ4n) is 3.33. The number of carbonyl (C=O) groups is 1. The maximum absolute atomic E-state index is 12.1. The molecule has 120 valence electrons. The molecule has 1 amide bonds. The van der Waals surface area contributed by atoms with Crippen LogP contribution in [-0.4, -0.2) is 62.7 Å². The third-order valence-corrected chi connectivity index (χ3v) is 4.67. The molecule has 0 saturated carbocycles. The number of hydrogen-bond acceptors (Lipinski definition) is 4. The van der Waals surface area contributed by atoms with Crippen molar-refractivity contribution in [3.63, 3.8) is 0 Å². The second-order valence-corrected chi connectivity index (χ2v) is 6.24. The molecule has 0 aromatic heterocycles. The smallest absolute Gasteiger partial charge is 0.234 e. The van der Waals surface area contributed by atoms with Gasteiger partial charge >= 0.3 is 0 Å². The second kappa shape index (κ2) is 7.11. The molecule has 1 atom stereocenters. The van der Waals surface area contributed by atoms with Gasteiger partial charge in [-0.1, -0.05) is 18.2 Å². The number of carbonyl (C=O) groups excluding carboxylic acids is 1. The number of amides is 1. The molecule has 5 nitrogen and oxygen atoms in total. The van der Waals surface area contributed by atoms with Crippen LogP contribution in [0.25, 0.3) is 0 Å². The lowest BCUT2D eigenvalue weighted by Crippen LogP contribution is -2.53. The lowest BCUT2D eigenvalue weighted by Gasteiger charge is -2.33. The number of anilines is 1. The molecule has 2 aliphatic heterocycles. The van der Waals surface area contributed by atoms with Crippen LogP contribution >= 0.6 is 0 Å². The molecule has 0 spiro atoms. The molecule has 2 aliphatic rings. The Balaban J connectivity index is 1.41. The van der Waals surface area contributed by atoms with Gasteiger partial charge in [-0.25, -0.2) is 0 Å². The normalized spacial score (nSPS) is 21.7. The van der Waals surface area contributed by atoms with E-state index in [0.29, 0.717) is 19.1 Å². The van der Waals surface area contributed by atoms with Gasteiger partial charge in [0.25, 0.3) is 0 Å². The van der Waals surface area contributed by atoms with Crippen LogP contribution in [0.4, 0.5) is 5.69 Å². The highest BCUT2D eigenvalue weighted by molar-refractivity contribution is 5.78. The van der Waals surface area contributed by atoms with Crippen molar-refractivity contribution in [2.24, 2.45) is 0 Å². The van der Waals surface area contributed by atoms with Gasteiger partial charge in [0, 0.05) is 51.0 Å². The minimum Gasteiger partial charge on any atom is -0.369 e. The fraction of sp³-hybridized carbons (Fsp3) is 0.588. The largest absolute Gasteiger partial charge is 0.369 e. The maximum Gasteiger partial charge on any atom is 0.234 e. The first-order valence-electron chi connectivity index (χ1n) is 8.28. The van der Waals surface area contributed by atoms with Gasteiger partial charge in [0.2, 0.25) is 5.91 Å². The highest BCUT2D eigenvalue weighted by atomic mass is 16.2. The van der Waals surface area contributed by atoms with E-state index in [1.807, 2.05) is 0 Å². The number of benzene rings is 1. The van der Waals surface area contributed by atoms with Crippen molar-refractivity contribution in [1.82, 2.24) is 15.5 Å². The Labute approximate surface area is 132 Å². The molecule has 0 unspecified atom stereocenters. The summed E-state index contributed by atoms with van der Waals surface area (Å²) in [5, 5.41) is 6.41. The average Bonchev–Trinajstić information content (AvgIpc) is 2.93. The van der Waals surface area contributed by atoms with E-state index in [1.54, 1.807) is 0 Å². The van der Waals surface area contributed by atoms with Crippen molar-refractivity contribution < 1.29 is 4.79 Å². The molecular formula is C17H26N4O. The molecule has 0 bridgehead atoms. The van der Waals surface area contributed by atoms with Gasteiger partial charge in [0.05, 0.1) is 6.54 Å². The van der Waals surface area contributed by atoms with Gasteiger partial charge in [0.15, 0.2) is 0 Å². The molecule has 22 heavy (non-hydrogen) atoms. The number of rotatable bonds is 5. The van der Waals surface area contributed by atoms with E-state index in [2.05, 4.69) is 51.6 Å². The SMILES string of the molecule is C[C@H]1CNCCN1CC(=O)NCCN1CCc2ccccc21. The number of nitrogens with zero attached hydrogens (tertiary/aromatic N) is 2. The molecule has 1 aromatic rings. The summed E-state index contributed by atoms with van der Waals surface area (Å²) in [4.78, 5) is 16.7. The highest BCUT2D eigenvalue weighted by Crippen LogP contribution is 2.26. The van der Waals surface area contributed by atoms with E-state index in [-0.39, 0.29) is 5.91 Å². The van der Waals surface area contributed by atoms with Crippen LogP contribution in [0.3, 0.4) is 0 Å². The van der Waals surface area contributed by atoms with Crippen LogP contribution in [0, 0.1) is 0 Å². The number of para-hydroxylation sites is 1. The lowest BCUT2D eigenvalue weighted by atomic mass is 10.2.